The van der Waals surface area contributed by atoms with E-state index in [0.717, 1.165) is 31.5 Å². The van der Waals surface area contributed by atoms with Crippen LogP contribution in [-0.2, 0) is 16.0 Å². The van der Waals surface area contributed by atoms with Crippen LogP contribution in [0.4, 0.5) is 0 Å². The van der Waals surface area contributed by atoms with Gasteiger partial charge in [-0.05, 0) is 50.0 Å². The standard InChI is InChI=1S/C16H22N2O3.ClH/c1-21-16(20)14-4-2-3-12(11-14)5-10-18-15(19)13-6-8-17-9-7-13;/h2-4,11,13,17H,5-10H2,1H3,(H,18,19);1H. The number of amides is 1. The zero-order valence-electron chi connectivity index (χ0n) is 12.8. The Balaban J connectivity index is 0.00000242. The van der Waals surface area contributed by atoms with Gasteiger partial charge < -0.3 is 15.4 Å². The minimum atomic E-state index is -0.337. The van der Waals surface area contributed by atoms with Gasteiger partial charge in [-0.2, -0.15) is 0 Å². The molecule has 1 saturated heterocycles. The van der Waals surface area contributed by atoms with Crippen molar-refractivity contribution in [3.05, 3.63) is 35.4 Å². The molecule has 1 aromatic rings. The van der Waals surface area contributed by atoms with Gasteiger partial charge in [-0.25, -0.2) is 4.79 Å². The van der Waals surface area contributed by atoms with Gasteiger partial charge in [-0.1, -0.05) is 12.1 Å². The summed E-state index contributed by atoms with van der Waals surface area (Å²) in [7, 11) is 1.37. The average Bonchev–Trinajstić information content (AvgIpc) is 2.55. The molecule has 22 heavy (non-hydrogen) atoms. The third-order valence-electron chi connectivity index (χ3n) is 3.77. The fourth-order valence-electron chi connectivity index (χ4n) is 2.53. The van der Waals surface area contributed by atoms with Crippen molar-refractivity contribution in [3.8, 4) is 0 Å². The van der Waals surface area contributed by atoms with Gasteiger partial charge in [0.2, 0.25) is 5.91 Å². The summed E-state index contributed by atoms with van der Waals surface area (Å²) in [5.74, 6) is -0.0659. The molecule has 1 fully saturated rings. The van der Waals surface area contributed by atoms with E-state index < -0.39 is 0 Å². The molecule has 0 bridgehead atoms. The maximum Gasteiger partial charge on any atom is 0.337 e. The number of nitrogens with one attached hydrogen (secondary N) is 2. The number of halogens is 1. The SMILES string of the molecule is COC(=O)c1cccc(CCNC(=O)C2CCNCC2)c1.Cl. The summed E-state index contributed by atoms with van der Waals surface area (Å²) in [5.41, 5.74) is 1.56. The lowest BCUT2D eigenvalue weighted by Crippen LogP contribution is -2.38. The van der Waals surface area contributed by atoms with Crippen LogP contribution >= 0.6 is 12.4 Å². The molecule has 6 heteroatoms. The second-order valence-electron chi connectivity index (χ2n) is 5.26. The van der Waals surface area contributed by atoms with E-state index in [9.17, 15) is 9.59 Å². The van der Waals surface area contributed by atoms with Gasteiger partial charge in [0.1, 0.15) is 0 Å². The zero-order chi connectivity index (χ0) is 15.1. The van der Waals surface area contributed by atoms with Crippen LogP contribution in [0.3, 0.4) is 0 Å². The monoisotopic (exact) mass is 326 g/mol. The second-order valence-corrected chi connectivity index (χ2v) is 5.26. The zero-order valence-corrected chi connectivity index (χ0v) is 13.6. The molecule has 1 aliphatic heterocycles. The summed E-state index contributed by atoms with van der Waals surface area (Å²) in [5, 5.41) is 6.23. The van der Waals surface area contributed by atoms with Crippen molar-refractivity contribution < 1.29 is 14.3 Å². The average molecular weight is 327 g/mol. The Kier molecular flexibility index (Phi) is 7.91. The van der Waals surface area contributed by atoms with E-state index in [1.807, 2.05) is 18.2 Å². The predicted octanol–water partition coefficient (Wildman–Crippen LogP) is 1.55. The minimum Gasteiger partial charge on any atom is -0.465 e. The Hall–Kier alpha value is -1.59. The lowest BCUT2D eigenvalue weighted by atomic mass is 9.97. The fourth-order valence-corrected chi connectivity index (χ4v) is 2.53. The Morgan fingerprint density at radius 3 is 2.73 bits per heavy atom. The summed E-state index contributed by atoms with van der Waals surface area (Å²) in [6, 6.07) is 7.31. The minimum absolute atomic E-state index is 0. The molecule has 0 spiro atoms. The van der Waals surface area contributed by atoms with Crippen LogP contribution in [0.5, 0.6) is 0 Å². The highest BCUT2D eigenvalue weighted by molar-refractivity contribution is 5.89. The molecule has 1 aliphatic rings. The van der Waals surface area contributed by atoms with Crippen LogP contribution in [0.1, 0.15) is 28.8 Å². The lowest BCUT2D eigenvalue weighted by molar-refractivity contribution is -0.125. The summed E-state index contributed by atoms with van der Waals surface area (Å²) in [6.45, 7) is 2.42. The highest BCUT2D eigenvalue weighted by Crippen LogP contribution is 2.11. The molecule has 0 aromatic heterocycles. The van der Waals surface area contributed by atoms with Gasteiger partial charge in [0.25, 0.3) is 0 Å². The number of hydrogen-bond donors (Lipinski definition) is 2. The maximum atomic E-state index is 12.0. The predicted molar refractivity (Wildman–Crippen MR) is 87.3 cm³/mol. The Morgan fingerprint density at radius 2 is 2.05 bits per heavy atom. The van der Waals surface area contributed by atoms with Crippen LogP contribution in [-0.4, -0.2) is 38.6 Å². The van der Waals surface area contributed by atoms with Crippen LogP contribution in [0.15, 0.2) is 24.3 Å². The fraction of sp³-hybridized carbons (Fsp3) is 0.500. The summed E-state index contributed by atoms with van der Waals surface area (Å²) >= 11 is 0. The molecule has 2 rings (SSSR count). The Bertz CT molecular complexity index is 502. The number of rotatable bonds is 5. The molecule has 1 amide bonds. The van der Waals surface area contributed by atoms with Crippen molar-refractivity contribution >= 4 is 24.3 Å². The van der Waals surface area contributed by atoms with E-state index in [2.05, 4.69) is 10.6 Å². The van der Waals surface area contributed by atoms with Crippen molar-refractivity contribution in [2.75, 3.05) is 26.7 Å². The summed E-state index contributed by atoms with van der Waals surface area (Å²) in [4.78, 5) is 23.5. The molecule has 0 unspecified atom stereocenters. The first-order valence-corrected chi connectivity index (χ1v) is 7.36. The van der Waals surface area contributed by atoms with E-state index in [4.69, 9.17) is 4.74 Å². The van der Waals surface area contributed by atoms with Crippen LogP contribution < -0.4 is 10.6 Å². The van der Waals surface area contributed by atoms with Gasteiger partial charge in [0.15, 0.2) is 0 Å². The quantitative estimate of drug-likeness (QED) is 0.806. The van der Waals surface area contributed by atoms with Crippen LogP contribution in [0, 0.1) is 5.92 Å². The summed E-state index contributed by atoms with van der Waals surface area (Å²) < 4.78 is 4.70. The van der Waals surface area contributed by atoms with Gasteiger partial charge in [0.05, 0.1) is 12.7 Å². The smallest absolute Gasteiger partial charge is 0.337 e. The number of benzene rings is 1. The topological polar surface area (TPSA) is 67.4 Å². The molecule has 1 aromatic carbocycles. The third-order valence-corrected chi connectivity index (χ3v) is 3.77. The number of methoxy groups -OCH3 is 1. The number of carbonyl (C=O) groups is 2. The Morgan fingerprint density at radius 1 is 1.32 bits per heavy atom. The van der Waals surface area contributed by atoms with Crippen LogP contribution in [0.25, 0.3) is 0 Å². The molecule has 122 valence electrons. The number of esters is 1. The number of piperidine rings is 1. The largest absolute Gasteiger partial charge is 0.465 e. The van der Waals surface area contributed by atoms with E-state index in [1.165, 1.54) is 7.11 Å². The first-order chi connectivity index (χ1) is 10.2. The molecule has 5 nitrogen and oxygen atoms in total. The number of carbonyl (C=O) groups excluding carboxylic acids is 2. The van der Waals surface area contributed by atoms with Crippen molar-refractivity contribution in [2.45, 2.75) is 19.3 Å². The molecule has 0 radical (unpaired) electrons. The maximum absolute atomic E-state index is 12.0. The highest BCUT2D eigenvalue weighted by atomic mass is 35.5. The molecule has 2 N–H and O–H groups in total. The van der Waals surface area contributed by atoms with E-state index in [1.54, 1.807) is 6.07 Å². The van der Waals surface area contributed by atoms with Crippen LogP contribution in [0.2, 0.25) is 0 Å². The van der Waals surface area contributed by atoms with Crippen molar-refractivity contribution in [3.63, 3.8) is 0 Å². The Labute approximate surface area is 137 Å². The third kappa shape index (κ3) is 5.31. The van der Waals surface area contributed by atoms with E-state index >= 15 is 0 Å². The van der Waals surface area contributed by atoms with E-state index in [-0.39, 0.29) is 30.2 Å². The molecule has 0 atom stereocenters. The van der Waals surface area contributed by atoms with Crippen molar-refractivity contribution in [2.24, 2.45) is 5.92 Å². The molecule has 0 aliphatic carbocycles. The normalized spacial score (nSPS) is 14.8. The van der Waals surface area contributed by atoms with E-state index in [0.29, 0.717) is 18.5 Å². The lowest BCUT2D eigenvalue weighted by Gasteiger charge is -2.21. The van der Waals surface area contributed by atoms with Gasteiger partial charge in [-0.15, -0.1) is 12.4 Å². The van der Waals surface area contributed by atoms with Gasteiger partial charge in [-0.3, -0.25) is 4.79 Å². The molecule has 1 heterocycles. The molecular weight excluding hydrogens is 304 g/mol. The second kappa shape index (κ2) is 9.43. The molecule has 0 saturated carbocycles. The van der Waals surface area contributed by atoms with Crippen molar-refractivity contribution in [1.82, 2.24) is 10.6 Å². The highest BCUT2D eigenvalue weighted by Gasteiger charge is 2.20. The number of hydrogen-bond acceptors (Lipinski definition) is 4. The van der Waals surface area contributed by atoms with Gasteiger partial charge >= 0.3 is 5.97 Å². The van der Waals surface area contributed by atoms with Gasteiger partial charge in [0, 0.05) is 12.5 Å². The first-order valence-electron chi connectivity index (χ1n) is 7.36. The molecular formula is C16H23ClN2O3. The van der Waals surface area contributed by atoms with Crippen molar-refractivity contribution in [1.29, 1.82) is 0 Å². The first kappa shape index (κ1) is 18.5. The summed E-state index contributed by atoms with van der Waals surface area (Å²) in [6.07, 6.45) is 2.52. The number of ether oxygens (including phenoxy) is 1.